The van der Waals surface area contributed by atoms with Crippen molar-refractivity contribution in [3.8, 4) is 0 Å². The van der Waals surface area contributed by atoms with Gasteiger partial charge in [0.05, 0.1) is 6.61 Å². The molecule has 13 heavy (non-hydrogen) atoms. The van der Waals surface area contributed by atoms with Gasteiger partial charge in [0.2, 0.25) is 0 Å². The maximum absolute atomic E-state index is 8.99. The molecule has 2 heteroatoms. The normalized spacial score (nSPS) is 16.2. The van der Waals surface area contributed by atoms with Crippen LogP contribution in [0.3, 0.4) is 0 Å². The average molecular weight is 187 g/mol. The molecule has 0 amide bonds. The highest BCUT2D eigenvalue weighted by atomic mass is 16.3. The Morgan fingerprint density at radius 1 is 1.15 bits per heavy atom. The van der Waals surface area contributed by atoms with Crippen LogP contribution in [0.4, 0.5) is 0 Å². The summed E-state index contributed by atoms with van der Waals surface area (Å²) in [6.45, 7) is 9.04. The van der Waals surface area contributed by atoms with Crippen LogP contribution in [0.1, 0.15) is 47.0 Å². The number of aliphatic hydroxyl groups is 1. The summed E-state index contributed by atoms with van der Waals surface area (Å²) in [5.74, 6) is 0.776. The van der Waals surface area contributed by atoms with Crippen LogP contribution >= 0.6 is 0 Å². The fourth-order valence-electron chi connectivity index (χ4n) is 1.37. The molecule has 0 aliphatic carbocycles. The van der Waals surface area contributed by atoms with Gasteiger partial charge in [0.15, 0.2) is 0 Å². The summed E-state index contributed by atoms with van der Waals surface area (Å²) in [6, 6.07) is 0.807. The van der Waals surface area contributed by atoms with E-state index in [2.05, 4.69) is 33.0 Å². The molecule has 0 saturated carbocycles. The molecular weight excluding hydrogens is 162 g/mol. The third kappa shape index (κ3) is 7.03. The standard InChI is InChI=1S/C11H25NO/c1-5-11(8-13)12-10(4)7-6-9(2)3/h9-13H,5-8H2,1-4H3/t10?,11-/m0/s1. The lowest BCUT2D eigenvalue weighted by Crippen LogP contribution is -2.38. The Morgan fingerprint density at radius 2 is 1.77 bits per heavy atom. The van der Waals surface area contributed by atoms with Crippen LogP contribution in [0.2, 0.25) is 0 Å². The van der Waals surface area contributed by atoms with Crippen LogP contribution in [0, 0.1) is 5.92 Å². The van der Waals surface area contributed by atoms with E-state index in [4.69, 9.17) is 5.11 Å². The first-order valence-electron chi connectivity index (χ1n) is 5.47. The quantitative estimate of drug-likeness (QED) is 0.640. The van der Waals surface area contributed by atoms with Crippen LogP contribution in [-0.2, 0) is 0 Å². The molecule has 0 aliphatic rings. The van der Waals surface area contributed by atoms with Gasteiger partial charge in [-0.05, 0) is 32.1 Å². The molecule has 0 radical (unpaired) electrons. The number of hydrogen-bond acceptors (Lipinski definition) is 2. The molecule has 80 valence electrons. The molecule has 2 nitrogen and oxygen atoms in total. The third-order valence-electron chi connectivity index (χ3n) is 2.41. The van der Waals surface area contributed by atoms with Crippen molar-refractivity contribution >= 4 is 0 Å². The Morgan fingerprint density at radius 3 is 2.15 bits per heavy atom. The van der Waals surface area contributed by atoms with E-state index in [1.54, 1.807) is 0 Å². The van der Waals surface area contributed by atoms with E-state index in [0.29, 0.717) is 6.04 Å². The van der Waals surface area contributed by atoms with Crippen molar-refractivity contribution in [1.29, 1.82) is 0 Å². The molecule has 0 spiro atoms. The van der Waals surface area contributed by atoms with Gasteiger partial charge in [-0.25, -0.2) is 0 Å². The Kier molecular flexibility index (Phi) is 7.29. The van der Waals surface area contributed by atoms with Crippen molar-refractivity contribution in [2.75, 3.05) is 6.61 Å². The Labute approximate surface area is 82.7 Å². The average Bonchev–Trinajstić information content (AvgIpc) is 2.10. The molecule has 0 aromatic heterocycles. The van der Waals surface area contributed by atoms with Crippen molar-refractivity contribution < 1.29 is 5.11 Å². The maximum atomic E-state index is 8.99. The maximum Gasteiger partial charge on any atom is 0.0584 e. The first-order valence-corrected chi connectivity index (χ1v) is 5.47. The zero-order valence-corrected chi connectivity index (χ0v) is 9.51. The highest BCUT2D eigenvalue weighted by Gasteiger charge is 2.08. The highest BCUT2D eigenvalue weighted by molar-refractivity contribution is 4.69. The number of rotatable bonds is 7. The minimum absolute atomic E-state index is 0.252. The minimum Gasteiger partial charge on any atom is -0.395 e. The Balaban J connectivity index is 3.53. The fourth-order valence-corrected chi connectivity index (χ4v) is 1.37. The molecule has 0 aromatic carbocycles. The largest absolute Gasteiger partial charge is 0.395 e. The van der Waals surface area contributed by atoms with E-state index in [9.17, 15) is 0 Å². The lowest BCUT2D eigenvalue weighted by molar-refractivity contribution is 0.226. The van der Waals surface area contributed by atoms with Gasteiger partial charge in [0, 0.05) is 12.1 Å². The SMILES string of the molecule is CC[C@@H](CO)NC(C)CCC(C)C. The van der Waals surface area contributed by atoms with Gasteiger partial charge in [0.25, 0.3) is 0 Å². The number of hydrogen-bond donors (Lipinski definition) is 2. The molecular formula is C11H25NO. The van der Waals surface area contributed by atoms with Gasteiger partial charge in [-0.1, -0.05) is 20.8 Å². The molecule has 0 fully saturated rings. The summed E-state index contributed by atoms with van der Waals surface area (Å²) in [6.07, 6.45) is 3.46. The van der Waals surface area contributed by atoms with Crippen LogP contribution < -0.4 is 5.32 Å². The zero-order valence-electron chi connectivity index (χ0n) is 9.51. The van der Waals surface area contributed by atoms with Crippen molar-refractivity contribution in [1.82, 2.24) is 5.32 Å². The third-order valence-corrected chi connectivity index (χ3v) is 2.41. The molecule has 0 aliphatic heterocycles. The van der Waals surface area contributed by atoms with Gasteiger partial charge >= 0.3 is 0 Å². The van der Waals surface area contributed by atoms with E-state index in [1.165, 1.54) is 12.8 Å². The molecule has 2 atom stereocenters. The second-order valence-corrected chi connectivity index (χ2v) is 4.33. The topological polar surface area (TPSA) is 32.3 Å². The van der Waals surface area contributed by atoms with Gasteiger partial charge in [-0.15, -0.1) is 0 Å². The Hall–Kier alpha value is -0.0800. The second kappa shape index (κ2) is 7.34. The van der Waals surface area contributed by atoms with Gasteiger partial charge < -0.3 is 10.4 Å². The smallest absolute Gasteiger partial charge is 0.0584 e. The summed E-state index contributed by atoms with van der Waals surface area (Å²) in [7, 11) is 0. The minimum atomic E-state index is 0.252. The van der Waals surface area contributed by atoms with Crippen molar-refractivity contribution in [3.63, 3.8) is 0 Å². The zero-order chi connectivity index (χ0) is 10.3. The lowest BCUT2D eigenvalue weighted by atomic mass is 10.0. The predicted molar refractivity (Wildman–Crippen MR) is 57.8 cm³/mol. The number of aliphatic hydroxyl groups excluding tert-OH is 1. The summed E-state index contributed by atoms with van der Waals surface area (Å²) in [5, 5.41) is 12.4. The molecule has 0 saturated heterocycles. The van der Waals surface area contributed by atoms with Crippen LogP contribution in [-0.4, -0.2) is 23.8 Å². The number of nitrogens with one attached hydrogen (secondary N) is 1. The van der Waals surface area contributed by atoms with E-state index in [1.807, 2.05) is 0 Å². The molecule has 0 rings (SSSR count). The van der Waals surface area contributed by atoms with E-state index in [-0.39, 0.29) is 12.6 Å². The summed E-state index contributed by atoms with van der Waals surface area (Å²) in [4.78, 5) is 0. The first kappa shape index (κ1) is 12.9. The van der Waals surface area contributed by atoms with Gasteiger partial charge in [-0.2, -0.15) is 0 Å². The van der Waals surface area contributed by atoms with E-state index in [0.717, 1.165) is 12.3 Å². The molecule has 1 unspecified atom stereocenters. The highest BCUT2D eigenvalue weighted by Crippen LogP contribution is 2.07. The predicted octanol–water partition coefficient (Wildman–Crippen LogP) is 2.17. The summed E-state index contributed by atoms with van der Waals surface area (Å²) in [5.41, 5.74) is 0. The Bertz CT molecular complexity index is 111. The van der Waals surface area contributed by atoms with Crippen molar-refractivity contribution in [3.05, 3.63) is 0 Å². The molecule has 0 aromatic rings. The van der Waals surface area contributed by atoms with Crippen LogP contribution in [0.25, 0.3) is 0 Å². The monoisotopic (exact) mass is 187 g/mol. The lowest BCUT2D eigenvalue weighted by Gasteiger charge is -2.21. The van der Waals surface area contributed by atoms with Crippen molar-refractivity contribution in [2.24, 2.45) is 5.92 Å². The fraction of sp³-hybridized carbons (Fsp3) is 1.00. The van der Waals surface area contributed by atoms with E-state index >= 15 is 0 Å². The molecule has 2 N–H and O–H groups in total. The molecule has 0 bridgehead atoms. The summed E-state index contributed by atoms with van der Waals surface area (Å²) < 4.78 is 0. The van der Waals surface area contributed by atoms with Gasteiger partial charge in [-0.3, -0.25) is 0 Å². The first-order chi connectivity index (χ1) is 6.10. The summed E-state index contributed by atoms with van der Waals surface area (Å²) >= 11 is 0. The van der Waals surface area contributed by atoms with Gasteiger partial charge in [0.1, 0.15) is 0 Å². The van der Waals surface area contributed by atoms with Crippen LogP contribution in [0.5, 0.6) is 0 Å². The second-order valence-electron chi connectivity index (χ2n) is 4.33. The van der Waals surface area contributed by atoms with E-state index < -0.39 is 0 Å². The molecule has 0 heterocycles. The van der Waals surface area contributed by atoms with Crippen molar-refractivity contribution in [2.45, 2.75) is 59.0 Å². The van der Waals surface area contributed by atoms with Crippen LogP contribution in [0.15, 0.2) is 0 Å².